The summed E-state index contributed by atoms with van der Waals surface area (Å²) in [6, 6.07) is 0. The lowest BCUT2D eigenvalue weighted by molar-refractivity contribution is 0.0912. The summed E-state index contributed by atoms with van der Waals surface area (Å²) >= 11 is 0. The highest BCUT2D eigenvalue weighted by Crippen LogP contribution is 2.11. The summed E-state index contributed by atoms with van der Waals surface area (Å²) in [7, 11) is 0. The maximum Gasteiger partial charge on any atom is 0.257 e. The molecule has 0 saturated carbocycles. The SMILES string of the molecule is CCC(C)(C)NC(=O)c1cn[nH]c1N. The number of nitrogens with zero attached hydrogens (tertiary/aromatic N) is 1. The lowest BCUT2D eigenvalue weighted by Gasteiger charge is -2.24. The molecule has 0 bridgehead atoms. The number of hydrogen-bond acceptors (Lipinski definition) is 3. The van der Waals surface area contributed by atoms with Crippen LogP contribution in [0.4, 0.5) is 5.82 Å². The number of nitrogens with one attached hydrogen (secondary N) is 2. The molecule has 1 rings (SSSR count). The first-order valence-corrected chi connectivity index (χ1v) is 4.57. The van der Waals surface area contributed by atoms with Gasteiger partial charge < -0.3 is 11.1 Å². The molecule has 0 spiro atoms. The van der Waals surface area contributed by atoms with Crippen molar-refractivity contribution in [3.63, 3.8) is 0 Å². The Bertz CT molecular complexity index is 329. The van der Waals surface area contributed by atoms with Crippen LogP contribution in [-0.4, -0.2) is 21.6 Å². The smallest absolute Gasteiger partial charge is 0.257 e. The van der Waals surface area contributed by atoms with Crippen molar-refractivity contribution >= 4 is 11.7 Å². The minimum atomic E-state index is -0.221. The summed E-state index contributed by atoms with van der Waals surface area (Å²) in [6.45, 7) is 5.93. The number of carbonyl (C=O) groups excluding carboxylic acids is 1. The van der Waals surface area contributed by atoms with Crippen LogP contribution in [-0.2, 0) is 0 Å². The van der Waals surface area contributed by atoms with Crippen LogP contribution in [0.3, 0.4) is 0 Å². The predicted molar refractivity (Wildman–Crippen MR) is 54.8 cm³/mol. The van der Waals surface area contributed by atoms with Crippen LogP contribution in [0.2, 0.25) is 0 Å². The number of hydrogen-bond donors (Lipinski definition) is 3. The van der Waals surface area contributed by atoms with E-state index in [-0.39, 0.29) is 11.4 Å². The molecule has 0 aliphatic rings. The fourth-order valence-electron chi connectivity index (χ4n) is 0.940. The van der Waals surface area contributed by atoms with Gasteiger partial charge in [0.1, 0.15) is 11.4 Å². The van der Waals surface area contributed by atoms with E-state index in [1.165, 1.54) is 6.20 Å². The molecule has 0 radical (unpaired) electrons. The molecule has 14 heavy (non-hydrogen) atoms. The molecule has 0 fully saturated rings. The molecule has 5 heteroatoms. The Kier molecular flexibility index (Phi) is 2.78. The van der Waals surface area contributed by atoms with Gasteiger partial charge in [-0.15, -0.1) is 0 Å². The highest BCUT2D eigenvalue weighted by Gasteiger charge is 2.20. The van der Waals surface area contributed by atoms with Crippen LogP contribution in [0.25, 0.3) is 0 Å². The molecule has 1 heterocycles. The van der Waals surface area contributed by atoms with Crippen LogP contribution in [0.1, 0.15) is 37.6 Å². The number of nitrogen functional groups attached to an aromatic ring is 1. The van der Waals surface area contributed by atoms with E-state index < -0.39 is 0 Å². The molecule has 0 aliphatic carbocycles. The number of rotatable bonds is 3. The van der Waals surface area contributed by atoms with E-state index in [9.17, 15) is 4.79 Å². The zero-order valence-corrected chi connectivity index (χ0v) is 8.72. The lowest BCUT2D eigenvalue weighted by Crippen LogP contribution is -2.42. The number of anilines is 1. The van der Waals surface area contributed by atoms with Crippen molar-refractivity contribution in [2.24, 2.45) is 0 Å². The van der Waals surface area contributed by atoms with Gasteiger partial charge in [-0.2, -0.15) is 5.10 Å². The Hall–Kier alpha value is -1.52. The van der Waals surface area contributed by atoms with Gasteiger partial charge in [-0.05, 0) is 20.3 Å². The Balaban J connectivity index is 2.73. The van der Waals surface area contributed by atoms with Crippen molar-refractivity contribution in [3.8, 4) is 0 Å². The van der Waals surface area contributed by atoms with Gasteiger partial charge >= 0.3 is 0 Å². The second-order valence-electron chi connectivity index (χ2n) is 3.89. The van der Waals surface area contributed by atoms with Crippen molar-refractivity contribution < 1.29 is 4.79 Å². The topological polar surface area (TPSA) is 83.8 Å². The third-order valence-electron chi connectivity index (χ3n) is 2.25. The zero-order chi connectivity index (χ0) is 10.8. The van der Waals surface area contributed by atoms with Gasteiger partial charge in [-0.25, -0.2) is 0 Å². The Morgan fingerprint density at radius 3 is 2.79 bits per heavy atom. The average molecular weight is 196 g/mol. The summed E-state index contributed by atoms with van der Waals surface area (Å²) in [5, 5.41) is 9.08. The summed E-state index contributed by atoms with van der Waals surface area (Å²) in [5.41, 5.74) is 5.70. The van der Waals surface area contributed by atoms with Crippen LogP contribution in [0, 0.1) is 0 Å². The van der Waals surface area contributed by atoms with Crippen molar-refractivity contribution in [2.75, 3.05) is 5.73 Å². The number of amides is 1. The highest BCUT2D eigenvalue weighted by atomic mass is 16.1. The fraction of sp³-hybridized carbons (Fsp3) is 0.556. The van der Waals surface area contributed by atoms with E-state index in [2.05, 4.69) is 15.5 Å². The molecule has 0 saturated heterocycles. The first-order valence-electron chi connectivity index (χ1n) is 4.57. The van der Waals surface area contributed by atoms with E-state index in [0.717, 1.165) is 6.42 Å². The molecule has 0 aliphatic heterocycles. The molecule has 78 valence electrons. The number of aromatic amines is 1. The minimum absolute atomic E-state index is 0.192. The zero-order valence-electron chi connectivity index (χ0n) is 8.72. The maximum absolute atomic E-state index is 11.7. The summed E-state index contributed by atoms with van der Waals surface area (Å²) in [4.78, 5) is 11.7. The molecular formula is C9H16N4O. The van der Waals surface area contributed by atoms with Gasteiger partial charge in [0.05, 0.1) is 6.20 Å². The van der Waals surface area contributed by atoms with Crippen LogP contribution >= 0.6 is 0 Å². The van der Waals surface area contributed by atoms with Gasteiger partial charge in [0.25, 0.3) is 5.91 Å². The highest BCUT2D eigenvalue weighted by molar-refractivity contribution is 5.98. The molecule has 0 unspecified atom stereocenters. The van der Waals surface area contributed by atoms with Crippen molar-refractivity contribution in [1.82, 2.24) is 15.5 Å². The normalized spacial score (nSPS) is 11.4. The van der Waals surface area contributed by atoms with E-state index in [4.69, 9.17) is 5.73 Å². The van der Waals surface area contributed by atoms with E-state index in [1.54, 1.807) is 0 Å². The Morgan fingerprint density at radius 2 is 2.36 bits per heavy atom. The van der Waals surface area contributed by atoms with Gasteiger partial charge in [0.15, 0.2) is 0 Å². The third-order valence-corrected chi connectivity index (χ3v) is 2.25. The van der Waals surface area contributed by atoms with E-state index in [0.29, 0.717) is 11.4 Å². The molecule has 1 amide bonds. The number of carbonyl (C=O) groups is 1. The van der Waals surface area contributed by atoms with Crippen LogP contribution in [0.5, 0.6) is 0 Å². The third kappa shape index (κ3) is 2.25. The summed E-state index contributed by atoms with van der Waals surface area (Å²) in [6.07, 6.45) is 2.28. The average Bonchev–Trinajstić information content (AvgIpc) is 2.51. The fourth-order valence-corrected chi connectivity index (χ4v) is 0.940. The largest absolute Gasteiger partial charge is 0.383 e. The van der Waals surface area contributed by atoms with Crippen LogP contribution < -0.4 is 11.1 Å². The van der Waals surface area contributed by atoms with Crippen molar-refractivity contribution in [3.05, 3.63) is 11.8 Å². The Morgan fingerprint density at radius 1 is 1.71 bits per heavy atom. The molecule has 1 aromatic rings. The predicted octanol–water partition coefficient (Wildman–Crippen LogP) is 0.910. The van der Waals surface area contributed by atoms with Gasteiger partial charge in [-0.1, -0.05) is 6.92 Å². The molecule has 0 atom stereocenters. The summed E-state index contributed by atoms with van der Waals surface area (Å²) in [5.74, 6) is 0.109. The van der Waals surface area contributed by atoms with Crippen molar-refractivity contribution in [2.45, 2.75) is 32.7 Å². The van der Waals surface area contributed by atoms with E-state index >= 15 is 0 Å². The number of aromatic nitrogens is 2. The summed E-state index contributed by atoms with van der Waals surface area (Å²) < 4.78 is 0. The van der Waals surface area contributed by atoms with Gasteiger partial charge in [0.2, 0.25) is 0 Å². The van der Waals surface area contributed by atoms with Gasteiger partial charge in [0, 0.05) is 5.54 Å². The molecule has 1 aromatic heterocycles. The molecule has 0 aromatic carbocycles. The number of H-pyrrole nitrogens is 1. The van der Waals surface area contributed by atoms with Gasteiger partial charge in [-0.3, -0.25) is 9.89 Å². The standard InChI is InChI=1S/C9H16N4O/c1-4-9(2,3)12-8(14)6-5-11-13-7(6)10/h5H,4H2,1-3H3,(H,12,14)(H3,10,11,13). The van der Waals surface area contributed by atoms with Crippen molar-refractivity contribution in [1.29, 1.82) is 0 Å². The quantitative estimate of drug-likeness (QED) is 0.671. The number of nitrogens with two attached hydrogens (primary N) is 1. The molecule has 4 N–H and O–H groups in total. The second-order valence-corrected chi connectivity index (χ2v) is 3.89. The maximum atomic E-state index is 11.7. The second kappa shape index (κ2) is 3.69. The van der Waals surface area contributed by atoms with E-state index in [1.807, 2.05) is 20.8 Å². The minimum Gasteiger partial charge on any atom is -0.383 e. The first kappa shape index (κ1) is 10.6. The molecule has 5 nitrogen and oxygen atoms in total. The first-order chi connectivity index (χ1) is 6.46. The monoisotopic (exact) mass is 196 g/mol. The van der Waals surface area contributed by atoms with Crippen LogP contribution in [0.15, 0.2) is 6.20 Å². The molecular weight excluding hydrogens is 180 g/mol. The lowest BCUT2D eigenvalue weighted by atomic mass is 10.0. The Labute approximate surface area is 83.1 Å².